The highest BCUT2D eigenvalue weighted by molar-refractivity contribution is 9.10. The van der Waals surface area contributed by atoms with Gasteiger partial charge in [-0.25, -0.2) is 4.98 Å². The zero-order valence-electron chi connectivity index (χ0n) is 10.0. The number of pyridine rings is 1. The molecule has 1 saturated carbocycles. The van der Waals surface area contributed by atoms with Gasteiger partial charge in [0.1, 0.15) is 5.82 Å². The molecule has 2 atom stereocenters. The normalized spacial score (nSPS) is 24.6. The second-order valence-corrected chi connectivity index (χ2v) is 6.20. The largest absolute Gasteiger partial charge is 0.369 e. The average molecular weight is 318 g/mol. The van der Waals surface area contributed by atoms with Crippen molar-refractivity contribution in [3.63, 3.8) is 0 Å². The minimum atomic E-state index is 0.320. The number of anilines is 1. The van der Waals surface area contributed by atoms with Crippen molar-refractivity contribution in [2.45, 2.75) is 38.0 Å². The predicted molar refractivity (Wildman–Crippen MR) is 76.8 cm³/mol. The summed E-state index contributed by atoms with van der Waals surface area (Å²) in [6.07, 6.45) is 6.84. The summed E-state index contributed by atoms with van der Waals surface area (Å²) in [4.78, 5) is 4.39. The molecule has 2 unspecified atom stereocenters. The van der Waals surface area contributed by atoms with Crippen molar-refractivity contribution in [3.05, 3.63) is 22.3 Å². The first-order valence-corrected chi connectivity index (χ1v) is 7.40. The zero-order chi connectivity index (χ0) is 12.3. The second kappa shape index (κ2) is 6.05. The molecule has 4 heteroatoms. The molecule has 2 rings (SSSR count). The lowest BCUT2D eigenvalue weighted by atomic mass is 9.89. The maximum atomic E-state index is 6.34. The molecule has 1 aromatic heterocycles. The van der Waals surface area contributed by atoms with E-state index in [4.69, 9.17) is 11.6 Å². The first-order valence-electron chi connectivity index (χ1n) is 6.17. The van der Waals surface area contributed by atoms with Gasteiger partial charge in [0.15, 0.2) is 0 Å². The molecular weight excluding hydrogens is 300 g/mol. The Morgan fingerprint density at radius 1 is 1.47 bits per heavy atom. The number of alkyl halides is 1. The summed E-state index contributed by atoms with van der Waals surface area (Å²) in [5.74, 6) is 1.49. The van der Waals surface area contributed by atoms with Crippen LogP contribution in [0.25, 0.3) is 0 Å². The van der Waals surface area contributed by atoms with Gasteiger partial charge in [-0.2, -0.15) is 0 Å². The molecule has 0 amide bonds. The minimum Gasteiger partial charge on any atom is -0.369 e. The summed E-state index contributed by atoms with van der Waals surface area (Å²) in [5.41, 5.74) is 1.16. The van der Waals surface area contributed by atoms with Crippen molar-refractivity contribution in [2.24, 2.45) is 5.92 Å². The Morgan fingerprint density at radius 2 is 2.24 bits per heavy atom. The van der Waals surface area contributed by atoms with Crippen molar-refractivity contribution in [3.8, 4) is 0 Å². The molecule has 1 heterocycles. The average Bonchev–Trinajstić information content (AvgIpc) is 2.30. The van der Waals surface area contributed by atoms with E-state index in [0.29, 0.717) is 11.3 Å². The van der Waals surface area contributed by atoms with E-state index in [1.165, 1.54) is 19.3 Å². The molecule has 0 aliphatic heterocycles. The molecule has 0 spiro atoms. The molecule has 0 saturated heterocycles. The zero-order valence-corrected chi connectivity index (χ0v) is 12.4. The van der Waals surface area contributed by atoms with E-state index in [2.05, 4.69) is 32.3 Å². The third kappa shape index (κ3) is 3.59. The lowest BCUT2D eigenvalue weighted by molar-refractivity contribution is 0.380. The Morgan fingerprint density at radius 3 is 2.94 bits per heavy atom. The highest BCUT2D eigenvalue weighted by Gasteiger charge is 2.22. The lowest BCUT2D eigenvalue weighted by Crippen LogP contribution is -2.27. The fourth-order valence-corrected chi connectivity index (χ4v) is 3.26. The third-order valence-electron chi connectivity index (χ3n) is 3.33. The van der Waals surface area contributed by atoms with Gasteiger partial charge in [0.25, 0.3) is 0 Å². The standard InChI is InChI=1S/C13H18BrClN2/c1-9-6-11(14)13(16-7-9)17-8-10-4-2-3-5-12(10)15/h6-7,10,12H,2-5,8H2,1H3,(H,16,17). The van der Waals surface area contributed by atoms with Gasteiger partial charge in [0.05, 0.1) is 4.47 Å². The molecule has 17 heavy (non-hydrogen) atoms. The first-order chi connectivity index (χ1) is 8.16. The van der Waals surface area contributed by atoms with E-state index in [0.717, 1.165) is 28.8 Å². The summed E-state index contributed by atoms with van der Waals surface area (Å²) in [6, 6.07) is 2.08. The molecule has 1 fully saturated rings. The van der Waals surface area contributed by atoms with Gasteiger partial charge in [-0.3, -0.25) is 0 Å². The fraction of sp³-hybridized carbons (Fsp3) is 0.615. The molecule has 0 radical (unpaired) electrons. The number of rotatable bonds is 3. The number of aryl methyl sites for hydroxylation is 1. The quantitative estimate of drug-likeness (QED) is 0.838. The van der Waals surface area contributed by atoms with Crippen LogP contribution >= 0.6 is 27.5 Å². The molecule has 1 aromatic rings. The van der Waals surface area contributed by atoms with E-state index in [1.54, 1.807) is 0 Å². The van der Waals surface area contributed by atoms with Crippen LogP contribution in [0.4, 0.5) is 5.82 Å². The Balaban J connectivity index is 1.92. The molecule has 1 aliphatic rings. The summed E-state index contributed by atoms with van der Waals surface area (Å²) in [6.45, 7) is 2.96. The maximum absolute atomic E-state index is 6.34. The number of hydrogen-bond acceptors (Lipinski definition) is 2. The Bertz CT molecular complexity index is 384. The van der Waals surface area contributed by atoms with Gasteiger partial charge in [-0.15, -0.1) is 11.6 Å². The molecule has 94 valence electrons. The topological polar surface area (TPSA) is 24.9 Å². The first kappa shape index (κ1) is 13.2. The van der Waals surface area contributed by atoms with Crippen LogP contribution in [0, 0.1) is 12.8 Å². The van der Waals surface area contributed by atoms with Crippen LogP contribution in [-0.4, -0.2) is 16.9 Å². The van der Waals surface area contributed by atoms with Crippen molar-refractivity contribution >= 4 is 33.3 Å². The molecule has 1 aliphatic carbocycles. The number of nitrogens with zero attached hydrogens (tertiary/aromatic N) is 1. The third-order valence-corrected chi connectivity index (χ3v) is 4.50. The molecule has 2 nitrogen and oxygen atoms in total. The van der Waals surface area contributed by atoms with Crippen molar-refractivity contribution in [2.75, 3.05) is 11.9 Å². The van der Waals surface area contributed by atoms with Gasteiger partial charge < -0.3 is 5.32 Å². The van der Waals surface area contributed by atoms with Gasteiger partial charge in [0.2, 0.25) is 0 Å². The van der Waals surface area contributed by atoms with Crippen molar-refractivity contribution in [1.82, 2.24) is 4.98 Å². The molecule has 0 bridgehead atoms. The highest BCUT2D eigenvalue weighted by atomic mass is 79.9. The minimum absolute atomic E-state index is 0.320. The van der Waals surface area contributed by atoms with Gasteiger partial charge >= 0.3 is 0 Å². The summed E-state index contributed by atoms with van der Waals surface area (Å²) in [5, 5.41) is 3.72. The monoisotopic (exact) mass is 316 g/mol. The van der Waals surface area contributed by atoms with Crippen LogP contribution in [-0.2, 0) is 0 Å². The van der Waals surface area contributed by atoms with Crippen LogP contribution in [0.15, 0.2) is 16.7 Å². The number of halogens is 2. The smallest absolute Gasteiger partial charge is 0.140 e. The summed E-state index contributed by atoms with van der Waals surface area (Å²) in [7, 11) is 0. The van der Waals surface area contributed by atoms with Gasteiger partial charge in [0, 0.05) is 18.1 Å². The van der Waals surface area contributed by atoms with E-state index in [9.17, 15) is 0 Å². The fourth-order valence-electron chi connectivity index (χ4n) is 2.28. The molecule has 1 N–H and O–H groups in total. The van der Waals surface area contributed by atoms with E-state index < -0.39 is 0 Å². The second-order valence-electron chi connectivity index (χ2n) is 4.78. The van der Waals surface area contributed by atoms with Crippen LogP contribution in [0.1, 0.15) is 31.2 Å². The number of nitrogens with one attached hydrogen (secondary N) is 1. The van der Waals surface area contributed by atoms with Crippen LogP contribution in [0.5, 0.6) is 0 Å². The Kier molecular flexibility index (Phi) is 4.69. The van der Waals surface area contributed by atoms with E-state index >= 15 is 0 Å². The van der Waals surface area contributed by atoms with Gasteiger partial charge in [-0.1, -0.05) is 12.8 Å². The number of aromatic nitrogens is 1. The number of hydrogen-bond donors (Lipinski definition) is 1. The Labute approximate surface area is 116 Å². The molecular formula is C13H18BrClN2. The van der Waals surface area contributed by atoms with Crippen LogP contribution in [0.2, 0.25) is 0 Å². The summed E-state index contributed by atoms with van der Waals surface area (Å²) < 4.78 is 1.03. The van der Waals surface area contributed by atoms with Gasteiger partial charge in [-0.05, 0) is 53.2 Å². The van der Waals surface area contributed by atoms with E-state index in [-0.39, 0.29) is 0 Å². The lowest BCUT2D eigenvalue weighted by Gasteiger charge is -2.27. The molecule has 0 aromatic carbocycles. The maximum Gasteiger partial charge on any atom is 0.140 e. The van der Waals surface area contributed by atoms with E-state index in [1.807, 2.05) is 13.1 Å². The highest BCUT2D eigenvalue weighted by Crippen LogP contribution is 2.29. The van der Waals surface area contributed by atoms with Crippen LogP contribution in [0.3, 0.4) is 0 Å². The van der Waals surface area contributed by atoms with Crippen LogP contribution < -0.4 is 5.32 Å². The Hall–Kier alpha value is -0.280. The summed E-state index contributed by atoms with van der Waals surface area (Å²) >= 11 is 9.87. The SMILES string of the molecule is Cc1cnc(NCC2CCCCC2Cl)c(Br)c1. The predicted octanol–water partition coefficient (Wildman–Crippen LogP) is 4.36. The van der Waals surface area contributed by atoms with Crippen molar-refractivity contribution in [1.29, 1.82) is 0 Å². The van der Waals surface area contributed by atoms with Crippen molar-refractivity contribution < 1.29 is 0 Å².